The van der Waals surface area contributed by atoms with Gasteiger partial charge in [-0.2, -0.15) is 0 Å². The Morgan fingerprint density at radius 3 is 3.06 bits per heavy atom. The van der Waals surface area contributed by atoms with E-state index in [4.69, 9.17) is 0 Å². The molecule has 3 rings (SSSR count). The van der Waals surface area contributed by atoms with Crippen molar-refractivity contribution in [1.82, 2.24) is 14.5 Å². The fourth-order valence-corrected chi connectivity index (χ4v) is 2.63. The zero-order valence-electron chi connectivity index (χ0n) is 9.83. The molecule has 3 aromatic rings. The zero-order valence-corrected chi connectivity index (χ0v) is 10.6. The molecule has 0 aliphatic carbocycles. The van der Waals surface area contributed by atoms with Crippen molar-refractivity contribution in [3.63, 3.8) is 0 Å². The summed E-state index contributed by atoms with van der Waals surface area (Å²) < 4.78 is 2.31. The van der Waals surface area contributed by atoms with Crippen LogP contribution in [0, 0.1) is 6.92 Å². The van der Waals surface area contributed by atoms with Crippen molar-refractivity contribution in [3.8, 4) is 0 Å². The lowest BCUT2D eigenvalue weighted by Gasteiger charge is -2.06. The fraction of sp³-hybridized carbons (Fsp3) is 0.154. The first kappa shape index (κ1) is 11.1. The molecule has 0 aliphatic heterocycles. The second kappa shape index (κ2) is 4.34. The largest absolute Gasteiger partial charge is 0.292 e. The summed E-state index contributed by atoms with van der Waals surface area (Å²) in [5.74, 6) is 0. The van der Waals surface area contributed by atoms with Crippen LogP contribution in [0.1, 0.15) is 11.3 Å². The molecule has 90 valence electrons. The fourth-order valence-electron chi connectivity index (χ4n) is 1.84. The molecule has 3 heterocycles. The van der Waals surface area contributed by atoms with Crippen molar-refractivity contribution in [2.24, 2.45) is 0 Å². The van der Waals surface area contributed by atoms with E-state index < -0.39 is 0 Å². The van der Waals surface area contributed by atoms with E-state index in [0.29, 0.717) is 11.2 Å². The van der Waals surface area contributed by atoms with Crippen LogP contribution in [0.2, 0.25) is 0 Å². The van der Waals surface area contributed by atoms with Gasteiger partial charge >= 0.3 is 0 Å². The zero-order chi connectivity index (χ0) is 12.5. The maximum absolute atomic E-state index is 12.2. The maximum Gasteiger partial charge on any atom is 0.271 e. The van der Waals surface area contributed by atoms with Gasteiger partial charge in [0.15, 0.2) is 0 Å². The summed E-state index contributed by atoms with van der Waals surface area (Å²) in [7, 11) is 0. The van der Waals surface area contributed by atoms with Gasteiger partial charge in [0.25, 0.3) is 5.56 Å². The lowest BCUT2D eigenvalue weighted by Crippen LogP contribution is -2.21. The quantitative estimate of drug-likeness (QED) is 0.707. The summed E-state index contributed by atoms with van der Waals surface area (Å²) >= 11 is 1.43. The van der Waals surface area contributed by atoms with Crippen LogP contribution >= 0.6 is 11.3 Å². The molecule has 0 radical (unpaired) electrons. The van der Waals surface area contributed by atoms with Crippen molar-refractivity contribution in [3.05, 3.63) is 57.7 Å². The monoisotopic (exact) mass is 257 g/mol. The smallest absolute Gasteiger partial charge is 0.271 e. The van der Waals surface area contributed by atoms with Gasteiger partial charge < -0.3 is 0 Å². The van der Waals surface area contributed by atoms with E-state index in [1.54, 1.807) is 17.1 Å². The van der Waals surface area contributed by atoms with E-state index >= 15 is 0 Å². The third-order valence-electron chi connectivity index (χ3n) is 2.87. The highest BCUT2D eigenvalue weighted by molar-refractivity contribution is 7.17. The normalized spacial score (nSPS) is 10.9. The maximum atomic E-state index is 12.2. The number of rotatable bonds is 2. The number of hydrogen-bond donors (Lipinski definition) is 0. The van der Waals surface area contributed by atoms with E-state index in [-0.39, 0.29) is 5.56 Å². The van der Waals surface area contributed by atoms with Gasteiger partial charge in [0.05, 0.1) is 24.1 Å². The van der Waals surface area contributed by atoms with E-state index in [1.807, 2.05) is 30.5 Å². The van der Waals surface area contributed by atoms with Gasteiger partial charge in [0.1, 0.15) is 4.70 Å². The van der Waals surface area contributed by atoms with Crippen molar-refractivity contribution in [1.29, 1.82) is 0 Å². The first-order valence-electron chi connectivity index (χ1n) is 5.59. The molecule has 0 amide bonds. The van der Waals surface area contributed by atoms with Crippen molar-refractivity contribution in [2.45, 2.75) is 13.5 Å². The second-order valence-corrected chi connectivity index (χ2v) is 5.00. The van der Waals surface area contributed by atoms with Gasteiger partial charge in [-0.15, -0.1) is 11.3 Å². The predicted octanol–water partition coefficient (Wildman–Crippen LogP) is 2.21. The van der Waals surface area contributed by atoms with Gasteiger partial charge in [0, 0.05) is 6.20 Å². The molecular weight excluding hydrogens is 246 g/mol. The minimum atomic E-state index is 0.0000491. The highest BCUT2D eigenvalue weighted by Crippen LogP contribution is 2.13. The van der Waals surface area contributed by atoms with Crippen LogP contribution in [0.25, 0.3) is 10.2 Å². The summed E-state index contributed by atoms with van der Waals surface area (Å²) in [4.78, 5) is 20.8. The van der Waals surface area contributed by atoms with E-state index in [0.717, 1.165) is 16.8 Å². The molecule has 0 unspecified atom stereocenters. The molecule has 0 atom stereocenters. The number of thiophene rings is 1. The van der Waals surface area contributed by atoms with Crippen molar-refractivity contribution >= 4 is 21.6 Å². The molecule has 18 heavy (non-hydrogen) atoms. The second-order valence-electron chi connectivity index (χ2n) is 4.08. The standard InChI is InChI=1S/C13H11N3OS/c1-9-3-2-5-14-11(9)7-16-8-15-10-4-6-18-12(10)13(16)17/h2-6,8H,7H2,1H3. The molecule has 0 bridgehead atoms. The van der Waals surface area contributed by atoms with Crippen LogP contribution < -0.4 is 5.56 Å². The summed E-state index contributed by atoms with van der Waals surface area (Å²) in [5.41, 5.74) is 2.74. The Balaban J connectivity index is 2.08. The van der Waals surface area contributed by atoms with Gasteiger partial charge in [-0.3, -0.25) is 14.3 Å². The number of pyridine rings is 1. The first-order chi connectivity index (χ1) is 8.75. The Morgan fingerprint density at radius 2 is 2.22 bits per heavy atom. The average molecular weight is 257 g/mol. The van der Waals surface area contributed by atoms with Crippen LogP contribution in [-0.4, -0.2) is 14.5 Å². The van der Waals surface area contributed by atoms with Crippen molar-refractivity contribution in [2.75, 3.05) is 0 Å². The lowest BCUT2D eigenvalue weighted by molar-refractivity contribution is 0.726. The summed E-state index contributed by atoms with van der Waals surface area (Å²) in [6, 6.07) is 5.74. The Hall–Kier alpha value is -2.01. The van der Waals surface area contributed by atoms with Gasteiger partial charge in [-0.25, -0.2) is 4.98 Å². The van der Waals surface area contributed by atoms with E-state index in [9.17, 15) is 4.79 Å². The molecule has 0 fully saturated rings. The molecule has 0 saturated heterocycles. The summed E-state index contributed by atoms with van der Waals surface area (Å²) in [6.45, 7) is 2.46. The molecule has 0 N–H and O–H groups in total. The minimum Gasteiger partial charge on any atom is -0.292 e. The number of aryl methyl sites for hydroxylation is 1. The molecule has 0 saturated carbocycles. The van der Waals surface area contributed by atoms with E-state index in [1.165, 1.54) is 11.3 Å². The number of aromatic nitrogens is 3. The van der Waals surface area contributed by atoms with Crippen LogP contribution in [0.3, 0.4) is 0 Å². The Labute approximate surface area is 108 Å². The van der Waals surface area contributed by atoms with Crippen LogP contribution in [-0.2, 0) is 6.54 Å². The Morgan fingerprint density at radius 1 is 1.33 bits per heavy atom. The summed E-state index contributed by atoms with van der Waals surface area (Å²) in [6.07, 6.45) is 3.33. The Bertz CT molecular complexity index is 760. The topological polar surface area (TPSA) is 47.8 Å². The number of hydrogen-bond acceptors (Lipinski definition) is 4. The van der Waals surface area contributed by atoms with Gasteiger partial charge in [0.2, 0.25) is 0 Å². The molecule has 4 nitrogen and oxygen atoms in total. The highest BCUT2D eigenvalue weighted by Gasteiger charge is 2.07. The third-order valence-corrected chi connectivity index (χ3v) is 3.77. The molecule has 0 aliphatic rings. The number of nitrogens with zero attached hydrogens (tertiary/aromatic N) is 3. The Kier molecular flexibility index (Phi) is 2.68. The van der Waals surface area contributed by atoms with Crippen molar-refractivity contribution < 1.29 is 0 Å². The SMILES string of the molecule is Cc1cccnc1Cn1cnc2ccsc2c1=O. The third kappa shape index (κ3) is 1.82. The molecule has 0 aromatic carbocycles. The van der Waals surface area contributed by atoms with Crippen LogP contribution in [0.15, 0.2) is 40.9 Å². The molecule has 0 spiro atoms. The lowest BCUT2D eigenvalue weighted by atomic mass is 10.2. The van der Waals surface area contributed by atoms with Gasteiger partial charge in [-0.05, 0) is 30.0 Å². The summed E-state index contributed by atoms with van der Waals surface area (Å²) in [5, 5.41) is 1.88. The average Bonchev–Trinajstić information content (AvgIpc) is 2.84. The van der Waals surface area contributed by atoms with E-state index in [2.05, 4.69) is 9.97 Å². The van der Waals surface area contributed by atoms with Crippen LogP contribution in [0.5, 0.6) is 0 Å². The molecule has 5 heteroatoms. The molecule has 3 aromatic heterocycles. The predicted molar refractivity (Wildman–Crippen MR) is 72.0 cm³/mol. The van der Waals surface area contributed by atoms with Gasteiger partial charge in [-0.1, -0.05) is 6.07 Å². The first-order valence-corrected chi connectivity index (χ1v) is 6.47. The molecular formula is C13H11N3OS. The van der Waals surface area contributed by atoms with Crippen LogP contribution in [0.4, 0.5) is 0 Å². The minimum absolute atomic E-state index is 0.0000491. The highest BCUT2D eigenvalue weighted by atomic mass is 32.1. The number of fused-ring (bicyclic) bond motifs is 1.